The van der Waals surface area contributed by atoms with Crippen molar-refractivity contribution in [2.45, 2.75) is 39.0 Å². The lowest BCUT2D eigenvalue weighted by Crippen LogP contribution is -2.32. The number of carbonyl (C=O) groups excluding carboxylic acids is 3. The van der Waals surface area contributed by atoms with Crippen molar-refractivity contribution in [3.05, 3.63) is 29.8 Å². The van der Waals surface area contributed by atoms with Gasteiger partial charge in [0.25, 0.3) is 0 Å². The molecule has 6 nitrogen and oxygen atoms in total. The maximum absolute atomic E-state index is 12.0. The summed E-state index contributed by atoms with van der Waals surface area (Å²) in [6, 6.07) is 7.50. The minimum Gasteiger partial charge on any atom is -0.326 e. The van der Waals surface area contributed by atoms with Crippen molar-refractivity contribution in [3.8, 4) is 0 Å². The number of benzene rings is 1. The molecule has 1 aromatic rings. The van der Waals surface area contributed by atoms with Crippen LogP contribution in [-0.2, 0) is 15.0 Å². The van der Waals surface area contributed by atoms with Crippen molar-refractivity contribution in [2.75, 3.05) is 25.5 Å². The van der Waals surface area contributed by atoms with E-state index in [1.54, 1.807) is 7.05 Å². The van der Waals surface area contributed by atoms with E-state index in [0.29, 0.717) is 6.42 Å². The molecule has 0 atom stereocenters. The summed E-state index contributed by atoms with van der Waals surface area (Å²) in [5.41, 5.74) is 2.03. The van der Waals surface area contributed by atoms with Crippen LogP contribution in [0.1, 0.15) is 39.2 Å². The summed E-state index contributed by atoms with van der Waals surface area (Å²) in [6.45, 7) is 6.81. The van der Waals surface area contributed by atoms with E-state index in [1.807, 2.05) is 24.3 Å². The fourth-order valence-corrected chi connectivity index (χ4v) is 2.56. The van der Waals surface area contributed by atoms with Gasteiger partial charge in [-0.1, -0.05) is 32.9 Å². The topological polar surface area (TPSA) is 69.7 Å². The molecule has 1 aliphatic heterocycles. The van der Waals surface area contributed by atoms with Gasteiger partial charge >= 0.3 is 6.03 Å². The second kappa shape index (κ2) is 7.03. The van der Waals surface area contributed by atoms with Crippen molar-refractivity contribution in [2.24, 2.45) is 0 Å². The van der Waals surface area contributed by atoms with Gasteiger partial charge in [-0.15, -0.1) is 0 Å². The Morgan fingerprint density at radius 1 is 1.17 bits per heavy atom. The Hall–Kier alpha value is -2.37. The number of carbonyl (C=O) groups is 3. The van der Waals surface area contributed by atoms with Crippen LogP contribution in [0.3, 0.4) is 0 Å². The molecule has 1 heterocycles. The molecule has 2 rings (SSSR count). The van der Waals surface area contributed by atoms with Crippen LogP contribution in [0.5, 0.6) is 0 Å². The SMILES string of the molecule is CN1CC(=O)N(CCCC(=O)Nc2ccc(C(C)(C)C)cc2)C1=O. The molecule has 6 heteroatoms. The summed E-state index contributed by atoms with van der Waals surface area (Å²) in [4.78, 5) is 37.9. The summed E-state index contributed by atoms with van der Waals surface area (Å²) in [5.74, 6) is -0.327. The smallest absolute Gasteiger partial charge is 0.326 e. The summed E-state index contributed by atoms with van der Waals surface area (Å²) < 4.78 is 0. The van der Waals surface area contributed by atoms with Crippen molar-refractivity contribution < 1.29 is 14.4 Å². The van der Waals surface area contributed by atoms with E-state index in [9.17, 15) is 14.4 Å². The maximum Gasteiger partial charge on any atom is 0.326 e. The Bertz CT molecular complexity index is 632. The molecule has 0 unspecified atom stereocenters. The quantitative estimate of drug-likeness (QED) is 0.843. The third-order valence-corrected chi connectivity index (χ3v) is 4.05. The monoisotopic (exact) mass is 331 g/mol. The largest absolute Gasteiger partial charge is 0.326 e. The molecule has 1 saturated heterocycles. The lowest BCUT2D eigenvalue weighted by Gasteiger charge is -2.19. The van der Waals surface area contributed by atoms with Crippen LogP contribution in [0.15, 0.2) is 24.3 Å². The van der Waals surface area contributed by atoms with E-state index >= 15 is 0 Å². The van der Waals surface area contributed by atoms with Gasteiger partial charge in [-0.25, -0.2) is 4.79 Å². The summed E-state index contributed by atoms with van der Waals surface area (Å²) in [7, 11) is 1.59. The van der Waals surface area contributed by atoms with Gasteiger partial charge in [0.2, 0.25) is 11.8 Å². The summed E-state index contributed by atoms with van der Waals surface area (Å²) >= 11 is 0. The van der Waals surface area contributed by atoms with E-state index in [1.165, 1.54) is 15.4 Å². The van der Waals surface area contributed by atoms with Crippen molar-refractivity contribution >= 4 is 23.5 Å². The highest BCUT2D eigenvalue weighted by Gasteiger charge is 2.32. The number of rotatable bonds is 5. The van der Waals surface area contributed by atoms with Crippen LogP contribution in [0, 0.1) is 0 Å². The van der Waals surface area contributed by atoms with Gasteiger partial charge in [0.05, 0.1) is 0 Å². The van der Waals surface area contributed by atoms with Crippen LogP contribution in [0.4, 0.5) is 10.5 Å². The fraction of sp³-hybridized carbons (Fsp3) is 0.500. The Balaban J connectivity index is 1.79. The molecule has 1 aromatic carbocycles. The van der Waals surface area contributed by atoms with E-state index < -0.39 is 0 Å². The fourth-order valence-electron chi connectivity index (χ4n) is 2.56. The molecular formula is C18H25N3O3. The lowest BCUT2D eigenvalue weighted by molar-refractivity contribution is -0.125. The minimum absolute atomic E-state index is 0.0739. The zero-order valence-electron chi connectivity index (χ0n) is 14.8. The molecular weight excluding hydrogens is 306 g/mol. The Kier molecular flexibility index (Phi) is 5.26. The number of imide groups is 1. The number of hydrogen-bond acceptors (Lipinski definition) is 3. The predicted molar refractivity (Wildman–Crippen MR) is 92.7 cm³/mol. The summed E-state index contributed by atoms with van der Waals surface area (Å²) in [5, 5.41) is 2.84. The predicted octanol–water partition coefficient (Wildman–Crippen LogP) is 2.60. The van der Waals surface area contributed by atoms with E-state index in [2.05, 4.69) is 26.1 Å². The number of nitrogens with one attached hydrogen (secondary N) is 1. The van der Waals surface area contributed by atoms with Gasteiger partial charge in [-0.2, -0.15) is 0 Å². The van der Waals surface area contributed by atoms with Crippen molar-refractivity contribution in [1.82, 2.24) is 9.80 Å². The first-order chi connectivity index (χ1) is 11.2. The third-order valence-electron chi connectivity index (χ3n) is 4.05. The molecule has 1 aliphatic rings. The average Bonchev–Trinajstić information content (AvgIpc) is 2.73. The Morgan fingerprint density at radius 2 is 1.79 bits per heavy atom. The normalized spacial score (nSPS) is 15.2. The van der Waals surface area contributed by atoms with E-state index in [-0.39, 0.29) is 42.8 Å². The number of hydrogen-bond donors (Lipinski definition) is 1. The first kappa shape index (κ1) is 18.0. The van der Waals surface area contributed by atoms with E-state index in [0.717, 1.165) is 5.69 Å². The number of nitrogens with zero attached hydrogens (tertiary/aromatic N) is 2. The maximum atomic E-state index is 12.0. The molecule has 0 aliphatic carbocycles. The Morgan fingerprint density at radius 3 is 2.29 bits per heavy atom. The third kappa shape index (κ3) is 4.34. The summed E-state index contributed by atoms with van der Waals surface area (Å²) in [6.07, 6.45) is 0.721. The Labute approximate surface area is 142 Å². The number of urea groups is 1. The molecule has 0 saturated carbocycles. The van der Waals surface area contributed by atoms with Crippen LogP contribution in [-0.4, -0.2) is 47.8 Å². The van der Waals surface area contributed by atoms with Gasteiger partial charge in [0.1, 0.15) is 6.54 Å². The molecule has 0 bridgehead atoms. The zero-order chi connectivity index (χ0) is 17.9. The van der Waals surface area contributed by atoms with Crippen molar-refractivity contribution in [3.63, 3.8) is 0 Å². The number of amides is 4. The van der Waals surface area contributed by atoms with Gasteiger partial charge in [-0.05, 0) is 29.5 Å². The first-order valence-corrected chi connectivity index (χ1v) is 8.14. The highest BCUT2D eigenvalue weighted by atomic mass is 16.2. The molecule has 24 heavy (non-hydrogen) atoms. The average molecular weight is 331 g/mol. The molecule has 130 valence electrons. The second-order valence-corrected chi connectivity index (χ2v) is 7.16. The lowest BCUT2D eigenvalue weighted by atomic mass is 9.87. The number of anilines is 1. The van der Waals surface area contributed by atoms with Gasteiger partial charge < -0.3 is 10.2 Å². The molecule has 0 radical (unpaired) electrons. The second-order valence-electron chi connectivity index (χ2n) is 7.16. The molecule has 0 spiro atoms. The number of likely N-dealkylation sites (N-methyl/N-ethyl adjacent to an activating group) is 1. The van der Waals surface area contributed by atoms with E-state index in [4.69, 9.17) is 0 Å². The minimum atomic E-state index is -0.293. The standard InChI is InChI=1S/C18H25N3O3/c1-18(2,3)13-7-9-14(10-8-13)19-15(22)6-5-11-21-16(23)12-20(4)17(21)24/h7-10H,5-6,11-12H2,1-4H3,(H,19,22). The molecule has 0 aromatic heterocycles. The van der Waals surface area contributed by atoms with Crippen LogP contribution in [0.2, 0.25) is 0 Å². The molecule has 1 N–H and O–H groups in total. The highest BCUT2D eigenvalue weighted by molar-refractivity contribution is 6.01. The van der Waals surface area contributed by atoms with Gasteiger partial charge in [0, 0.05) is 25.7 Å². The van der Waals surface area contributed by atoms with Gasteiger partial charge in [-0.3, -0.25) is 14.5 Å². The van der Waals surface area contributed by atoms with Crippen LogP contribution >= 0.6 is 0 Å². The van der Waals surface area contributed by atoms with Crippen LogP contribution < -0.4 is 5.32 Å². The first-order valence-electron chi connectivity index (χ1n) is 8.14. The molecule has 4 amide bonds. The highest BCUT2D eigenvalue weighted by Crippen LogP contribution is 2.23. The van der Waals surface area contributed by atoms with Gasteiger partial charge in [0.15, 0.2) is 0 Å². The zero-order valence-corrected chi connectivity index (χ0v) is 14.8. The van der Waals surface area contributed by atoms with Crippen molar-refractivity contribution in [1.29, 1.82) is 0 Å². The van der Waals surface area contributed by atoms with Crippen LogP contribution in [0.25, 0.3) is 0 Å². The molecule has 1 fully saturated rings.